The SMILES string of the molecule is Nc1nc(CCc2ccccc2)no1. The molecule has 0 amide bonds. The van der Waals surface area contributed by atoms with Gasteiger partial charge in [0.25, 0.3) is 0 Å². The van der Waals surface area contributed by atoms with Crippen LogP contribution in [-0.4, -0.2) is 10.1 Å². The predicted molar refractivity (Wildman–Crippen MR) is 52.6 cm³/mol. The van der Waals surface area contributed by atoms with Crippen molar-refractivity contribution >= 4 is 6.01 Å². The van der Waals surface area contributed by atoms with Gasteiger partial charge in [-0.05, 0) is 12.0 Å². The second-order valence-corrected chi connectivity index (χ2v) is 3.03. The van der Waals surface area contributed by atoms with Crippen molar-refractivity contribution in [1.82, 2.24) is 10.1 Å². The Morgan fingerprint density at radius 3 is 2.57 bits per heavy atom. The van der Waals surface area contributed by atoms with Crippen LogP contribution in [0.25, 0.3) is 0 Å². The average molecular weight is 189 g/mol. The highest BCUT2D eigenvalue weighted by Gasteiger charge is 2.02. The molecule has 4 heteroatoms. The summed E-state index contributed by atoms with van der Waals surface area (Å²) in [6.45, 7) is 0. The summed E-state index contributed by atoms with van der Waals surface area (Å²) in [5.74, 6) is 0.659. The van der Waals surface area contributed by atoms with Crippen molar-refractivity contribution in [2.45, 2.75) is 12.8 Å². The van der Waals surface area contributed by atoms with E-state index < -0.39 is 0 Å². The van der Waals surface area contributed by atoms with E-state index in [2.05, 4.69) is 26.8 Å². The summed E-state index contributed by atoms with van der Waals surface area (Å²) < 4.78 is 4.67. The van der Waals surface area contributed by atoms with Crippen molar-refractivity contribution < 1.29 is 4.52 Å². The second kappa shape index (κ2) is 3.91. The number of nitrogens with two attached hydrogens (primary N) is 1. The van der Waals surface area contributed by atoms with Gasteiger partial charge in [0.1, 0.15) is 0 Å². The molecule has 4 nitrogen and oxygen atoms in total. The average Bonchev–Trinajstić information content (AvgIpc) is 2.63. The zero-order valence-electron chi connectivity index (χ0n) is 7.68. The van der Waals surface area contributed by atoms with Crippen LogP contribution in [0.3, 0.4) is 0 Å². The Bertz CT molecular complexity index is 397. The molecule has 0 aliphatic rings. The van der Waals surface area contributed by atoms with Gasteiger partial charge in [0.15, 0.2) is 5.82 Å². The minimum atomic E-state index is 0.132. The molecule has 1 aromatic heterocycles. The highest BCUT2D eigenvalue weighted by Crippen LogP contribution is 2.05. The third-order valence-electron chi connectivity index (χ3n) is 1.96. The van der Waals surface area contributed by atoms with Gasteiger partial charge in [-0.1, -0.05) is 35.5 Å². The third kappa shape index (κ3) is 2.10. The topological polar surface area (TPSA) is 64.9 Å². The van der Waals surface area contributed by atoms with Crippen molar-refractivity contribution in [2.75, 3.05) is 5.73 Å². The van der Waals surface area contributed by atoms with E-state index in [0.29, 0.717) is 5.82 Å². The number of nitrogen functional groups attached to an aromatic ring is 1. The third-order valence-corrected chi connectivity index (χ3v) is 1.96. The Kier molecular flexibility index (Phi) is 2.44. The van der Waals surface area contributed by atoms with Crippen LogP contribution in [0.15, 0.2) is 34.9 Å². The van der Waals surface area contributed by atoms with E-state index in [1.807, 2.05) is 18.2 Å². The molecule has 0 atom stereocenters. The molecule has 0 radical (unpaired) electrons. The van der Waals surface area contributed by atoms with E-state index >= 15 is 0 Å². The van der Waals surface area contributed by atoms with Crippen LogP contribution in [0.1, 0.15) is 11.4 Å². The summed E-state index contributed by atoms with van der Waals surface area (Å²) in [6, 6.07) is 10.3. The molecular weight excluding hydrogens is 178 g/mol. The number of aromatic nitrogens is 2. The first-order chi connectivity index (χ1) is 6.84. The fourth-order valence-electron chi connectivity index (χ4n) is 1.27. The fraction of sp³-hybridized carbons (Fsp3) is 0.200. The van der Waals surface area contributed by atoms with Crippen molar-refractivity contribution in [1.29, 1.82) is 0 Å². The molecule has 1 heterocycles. The molecule has 72 valence electrons. The Morgan fingerprint density at radius 2 is 1.93 bits per heavy atom. The first kappa shape index (κ1) is 8.74. The monoisotopic (exact) mass is 189 g/mol. The maximum Gasteiger partial charge on any atom is 0.318 e. The van der Waals surface area contributed by atoms with E-state index in [-0.39, 0.29) is 6.01 Å². The number of hydrogen-bond donors (Lipinski definition) is 1. The largest absolute Gasteiger partial charge is 0.351 e. The van der Waals surface area contributed by atoms with Gasteiger partial charge in [0.2, 0.25) is 0 Å². The van der Waals surface area contributed by atoms with Gasteiger partial charge in [0.05, 0.1) is 0 Å². The molecular formula is C10H11N3O. The minimum Gasteiger partial charge on any atom is -0.351 e. The molecule has 0 bridgehead atoms. The number of aryl methyl sites for hydroxylation is 2. The zero-order chi connectivity index (χ0) is 9.80. The van der Waals surface area contributed by atoms with E-state index in [1.165, 1.54) is 5.56 Å². The highest BCUT2D eigenvalue weighted by atomic mass is 16.5. The summed E-state index contributed by atoms with van der Waals surface area (Å²) in [5.41, 5.74) is 6.57. The number of benzene rings is 1. The molecule has 0 fully saturated rings. The van der Waals surface area contributed by atoms with Crippen molar-refractivity contribution in [2.24, 2.45) is 0 Å². The van der Waals surface area contributed by atoms with Crippen molar-refractivity contribution in [3.05, 3.63) is 41.7 Å². The highest BCUT2D eigenvalue weighted by molar-refractivity contribution is 5.16. The first-order valence-electron chi connectivity index (χ1n) is 4.46. The van der Waals surface area contributed by atoms with Crippen LogP contribution in [0, 0.1) is 0 Å². The molecule has 2 rings (SSSR count). The van der Waals surface area contributed by atoms with Crippen LogP contribution >= 0.6 is 0 Å². The Hall–Kier alpha value is -1.84. The zero-order valence-corrected chi connectivity index (χ0v) is 7.68. The number of anilines is 1. The Balaban J connectivity index is 1.95. The van der Waals surface area contributed by atoms with Crippen molar-refractivity contribution in [3.63, 3.8) is 0 Å². The minimum absolute atomic E-state index is 0.132. The van der Waals surface area contributed by atoms with Gasteiger partial charge in [-0.25, -0.2) is 0 Å². The maximum absolute atomic E-state index is 5.31. The van der Waals surface area contributed by atoms with Crippen LogP contribution in [0.5, 0.6) is 0 Å². The molecule has 2 N–H and O–H groups in total. The van der Waals surface area contributed by atoms with E-state index in [1.54, 1.807) is 0 Å². The first-order valence-corrected chi connectivity index (χ1v) is 4.46. The van der Waals surface area contributed by atoms with E-state index in [4.69, 9.17) is 5.73 Å². The molecule has 0 spiro atoms. The molecule has 0 unspecified atom stereocenters. The number of hydrogen-bond acceptors (Lipinski definition) is 4. The number of nitrogens with zero attached hydrogens (tertiary/aromatic N) is 2. The Labute approximate surface area is 81.7 Å². The molecule has 0 aliphatic heterocycles. The summed E-state index contributed by atoms with van der Waals surface area (Å²) in [5, 5.41) is 3.72. The molecule has 0 saturated heterocycles. The maximum atomic E-state index is 5.31. The lowest BCUT2D eigenvalue weighted by Crippen LogP contribution is -1.93. The predicted octanol–water partition coefficient (Wildman–Crippen LogP) is 1.44. The standard InChI is InChI=1S/C10H11N3O/c11-10-12-9(13-14-10)7-6-8-4-2-1-3-5-8/h1-5H,6-7H2,(H2,11,12,13). The summed E-state index contributed by atoms with van der Waals surface area (Å²) in [4.78, 5) is 3.93. The normalized spacial score (nSPS) is 10.3. The van der Waals surface area contributed by atoms with Gasteiger partial charge < -0.3 is 10.3 Å². The van der Waals surface area contributed by atoms with E-state index in [9.17, 15) is 0 Å². The lowest BCUT2D eigenvalue weighted by molar-refractivity contribution is 0.426. The molecule has 0 aliphatic carbocycles. The molecule has 2 aromatic rings. The van der Waals surface area contributed by atoms with E-state index in [0.717, 1.165) is 12.8 Å². The van der Waals surface area contributed by atoms with Crippen LogP contribution in [-0.2, 0) is 12.8 Å². The summed E-state index contributed by atoms with van der Waals surface area (Å²) in [7, 11) is 0. The second-order valence-electron chi connectivity index (χ2n) is 3.03. The van der Waals surface area contributed by atoms with Gasteiger partial charge in [0, 0.05) is 6.42 Å². The van der Waals surface area contributed by atoms with Gasteiger partial charge in [-0.15, -0.1) is 0 Å². The summed E-state index contributed by atoms with van der Waals surface area (Å²) >= 11 is 0. The van der Waals surface area contributed by atoms with Crippen LogP contribution in [0.2, 0.25) is 0 Å². The smallest absolute Gasteiger partial charge is 0.318 e. The fourth-order valence-corrected chi connectivity index (χ4v) is 1.27. The lowest BCUT2D eigenvalue weighted by Gasteiger charge is -1.96. The summed E-state index contributed by atoms with van der Waals surface area (Å²) in [6.07, 6.45) is 1.66. The van der Waals surface area contributed by atoms with Gasteiger partial charge >= 0.3 is 6.01 Å². The molecule has 0 saturated carbocycles. The van der Waals surface area contributed by atoms with Gasteiger partial charge in [-0.2, -0.15) is 4.98 Å². The molecule has 14 heavy (non-hydrogen) atoms. The van der Waals surface area contributed by atoms with Crippen LogP contribution in [0.4, 0.5) is 6.01 Å². The Morgan fingerprint density at radius 1 is 1.14 bits per heavy atom. The quantitative estimate of drug-likeness (QED) is 0.793. The number of rotatable bonds is 3. The lowest BCUT2D eigenvalue weighted by atomic mass is 10.1. The van der Waals surface area contributed by atoms with Crippen molar-refractivity contribution in [3.8, 4) is 0 Å². The van der Waals surface area contributed by atoms with Gasteiger partial charge in [-0.3, -0.25) is 0 Å². The molecule has 1 aromatic carbocycles. The van der Waals surface area contributed by atoms with Crippen LogP contribution < -0.4 is 5.73 Å².